The summed E-state index contributed by atoms with van der Waals surface area (Å²) in [6.45, 7) is 4.33. The van der Waals surface area contributed by atoms with Crippen LogP contribution in [-0.2, 0) is 0 Å². The van der Waals surface area contributed by atoms with Gasteiger partial charge >= 0.3 is 0 Å². The van der Waals surface area contributed by atoms with Crippen LogP contribution in [-0.4, -0.2) is 16.7 Å². The Hall–Kier alpha value is -0.280. The molecule has 1 aliphatic rings. The summed E-state index contributed by atoms with van der Waals surface area (Å²) < 4.78 is 0. The molecule has 1 heterocycles. The molecular formula is C13H19Cl2NO. The molecule has 0 spiro atoms. The quantitative estimate of drug-likeness (QED) is 0.868. The molecule has 1 aromatic rings. The van der Waals surface area contributed by atoms with Crippen LogP contribution in [0.15, 0.2) is 24.3 Å². The lowest BCUT2D eigenvalue weighted by atomic mass is 10.0. The average Bonchev–Trinajstić information content (AvgIpc) is 2.58. The molecule has 0 radical (unpaired) electrons. The predicted molar refractivity (Wildman–Crippen MR) is 73.9 cm³/mol. The predicted octanol–water partition coefficient (Wildman–Crippen LogP) is 3.33. The Bertz CT molecular complexity index is 381. The third kappa shape index (κ3) is 3.59. The summed E-state index contributed by atoms with van der Waals surface area (Å²) in [5.74, 6) is 0. The Kier molecular flexibility index (Phi) is 4.85. The van der Waals surface area contributed by atoms with Crippen molar-refractivity contribution < 1.29 is 5.11 Å². The molecule has 0 unspecified atom stereocenters. The van der Waals surface area contributed by atoms with Crippen LogP contribution in [0.1, 0.15) is 38.4 Å². The number of benzene rings is 1. The van der Waals surface area contributed by atoms with Gasteiger partial charge < -0.3 is 10.4 Å². The number of nitrogens with one attached hydrogen (secondary N) is 1. The lowest BCUT2D eigenvalue weighted by molar-refractivity contribution is 0.131. The molecule has 1 aromatic carbocycles. The van der Waals surface area contributed by atoms with Gasteiger partial charge in [-0.05, 0) is 44.4 Å². The van der Waals surface area contributed by atoms with Gasteiger partial charge in [-0.2, -0.15) is 0 Å². The van der Waals surface area contributed by atoms with Crippen LogP contribution in [0.5, 0.6) is 0 Å². The standard InChI is InChI=1S/C13H18ClNO.ClH/c1-13(2)7-6-11(15-13)12(16)9-4-3-5-10(14)8-9;/h3-5,8,11-12,15-16H,6-7H2,1-2H3;1H/t11-,12-;/m1./s1. The minimum Gasteiger partial charge on any atom is -0.387 e. The SMILES string of the molecule is CC1(C)CC[C@H]([C@H](O)c2cccc(Cl)c2)N1.Cl. The minimum atomic E-state index is -0.472. The largest absolute Gasteiger partial charge is 0.387 e. The smallest absolute Gasteiger partial charge is 0.0943 e. The lowest BCUT2D eigenvalue weighted by Crippen LogP contribution is -2.40. The molecule has 1 saturated heterocycles. The highest BCUT2D eigenvalue weighted by Gasteiger charge is 2.34. The normalized spacial score (nSPS) is 24.1. The van der Waals surface area contributed by atoms with Gasteiger partial charge in [0.15, 0.2) is 0 Å². The zero-order valence-electron chi connectivity index (χ0n) is 10.1. The van der Waals surface area contributed by atoms with Crippen LogP contribution < -0.4 is 5.32 Å². The molecule has 2 atom stereocenters. The van der Waals surface area contributed by atoms with Crippen molar-refractivity contribution in [3.8, 4) is 0 Å². The molecule has 1 aliphatic heterocycles. The fourth-order valence-corrected chi connectivity index (χ4v) is 2.52. The maximum atomic E-state index is 10.3. The summed E-state index contributed by atoms with van der Waals surface area (Å²) in [5.41, 5.74) is 1.02. The first-order chi connectivity index (χ1) is 7.48. The fraction of sp³-hybridized carbons (Fsp3) is 0.538. The molecule has 2 N–H and O–H groups in total. The first-order valence-electron chi connectivity index (χ1n) is 5.69. The molecule has 17 heavy (non-hydrogen) atoms. The van der Waals surface area contributed by atoms with Crippen LogP contribution in [0, 0.1) is 0 Å². The van der Waals surface area contributed by atoms with E-state index in [0.29, 0.717) is 5.02 Å². The van der Waals surface area contributed by atoms with Crippen molar-refractivity contribution in [2.75, 3.05) is 0 Å². The highest BCUT2D eigenvalue weighted by Crippen LogP contribution is 2.30. The van der Waals surface area contributed by atoms with E-state index in [1.54, 1.807) is 0 Å². The Labute approximate surface area is 114 Å². The second-order valence-corrected chi connectivity index (χ2v) is 5.61. The Morgan fingerprint density at radius 1 is 1.47 bits per heavy atom. The van der Waals surface area contributed by atoms with E-state index in [4.69, 9.17) is 11.6 Å². The molecule has 2 rings (SSSR count). The van der Waals surface area contributed by atoms with Crippen molar-refractivity contribution >= 4 is 24.0 Å². The van der Waals surface area contributed by atoms with Gasteiger partial charge in [0.1, 0.15) is 0 Å². The molecule has 0 aliphatic carbocycles. The Balaban J connectivity index is 0.00000144. The van der Waals surface area contributed by atoms with E-state index in [1.165, 1.54) is 0 Å². The van der Waals surface area contributed by atoms with Gasteiger partial charge in [0.25, 0.3) is 0 Å². The van der Waals surface area contributed by atoms with E-state index < -0.39 is 6.10 Å². The summed E-state index contributed by atoms with van der Waals surface area (Å²) in [7, 11) is 0. The summed E-state index contributed by atoms with van der Waals surface area (Å²) in [5, 5.41) is 14.4. The summed E-state index contributed by atoms with van der Waals surface area (Å²) in [6, 6.07) is 7.58. The van der Waals surface area contributed by atoms with E-state index in [0.717, 1.165) is 18.4 Å². The van der Waals surface area contributed by atoms with E-state index in [1.807, 2.05) is 24.3 Å². The van der Waals surface area contributed by atoms with Crippen molar-refractivity contribution in [2.45, 2.75) is 44.4 Å². The van der Waals surface area contributed by atoms with E-state index in [-0.39, 0.29) is 24.0 Å². The third-order valence-corrected chi connectivity index (χ3v) is 3.46. The van der Waals surface area contributed by atoms with Crippen LogP contribution in [0.3, 0.4) is 0 Å². The molecule has 2 nitrogen and oxygen atoms in total. The number of hydrogen-bond acceptors (Lipinski definition) is 2. The highest BCUT2D eigenvalue weighted by atomic mass is 35.5. The zero-order valence-corrected chi connectivity index (χ0v) is 11.7. The molecule has 0 amide bonds. The Morgan fingerprint density at radius 2 is 2.18 bits per heavy atom. The van der Waals surface area contributed by atoms with Crippen molar-refractivity contribution in [1.82, 2.24) is 5.32 Å². The number of halogens is 2. The van der Waals surface area contributed by atoms with Gasteiger partial charge in [-0.15, -0.1) is 12.4 Å². The summed E-state index contributed by atoms with van der Waals surface area (Å²) in [4.78, 5) is 0. The molecule has 0 aromatic heterocycles. The van der Waals surface area contributed by atoms with Gasteiger partial charge in [-0.1, -0.05) is 23.7 Å². The second kappa shape index (κ2) is 5.57. The van der Waals surface area contributed by atoms with Crippen molar-refractivity contribution in [3.63, 3.8) is 0 Å². The van der Waals surface area contributed by atoms with Gasteiger partial charge in [-0.25, -0.2) is 0 Å². The molecule has 96 valence electrons. The van der Waals surface area contributed by atoms with Gasteiger partial charge in [0.2, 0.25) is 0 Å². The van der Waals surface area contributed by atoms with Crippen LogP contribution in [0.25, 0.3) is 0 Å². The molecule has 0 bridgehead atoms. The second-order valence-electron chi connectivity index (χ2n) is 5.17. The number of rotatable bonds is 2. The zero-order chi connectivity index (χ0) is 11.8. The lowest BCUT2D eigenvalue weighted by Gasteiger charge is -2.24. The number of aliphatic hydroxyl groups excluding tert-OH is 1. The molecule has 4 heteroatoms. The summed E-state index contributed by atoms with van der Waals surface area (Å²) >= 11 is 5.92. The molecule has 1 fully saturated rings. The highest BCUT2D eigenvalue weighted by molar-refractivity contribution is 6.30. The van der Waals surface area contributed by atoms with Crippen molar-refractivity contribution in [3.05, 3.63) is 34.9 Å². The van der Waals surface area contributed by atoms with Gasteiger partial charge in [-0.3, -0.25) is 0 Å². The molecular weight excluding hydrogens is 257 g/mol. The maximum absolute atomic E-state index is 10.3. The van der Waals surface area contributed by atoms with Crippen molar-refractivity contribution in [2.24, 2.45) is 0 Å². The van der Waals surface area contributed by atoms with E-state index in [2.05, 4.69) is 19.2 Å². The summed E-state index contributed by atoms with van der Waals surface area (Å²) in [6.07, 6.45) is 1.62. The first kappa shape index (κ1) is 14.8. The topological polar surface area (TPSA) is 32.3 Å². The van der Waals surface area contributed by atoms with Crippen LogP contribution in [0.4, 0.5) is 0 Å². The average molecular weight is 276 g/mol. The van der Waals surface area contributed by atoms with E-state index >= 15 is 0 Å². The maximum Gasteiger partial charge on any atom is 0.0943 e. The third-order valence-electron chi connectivity index (χ3n) is 3.23. The minimum absolute atomic E-state index is 0. The van der Waals surface area contributed by atoms with Crippen LogP contribution in [0.2, 0.25) is 5.02 Å². The first-order valence-corrected chi connectivity index (χ1v) is 6.07. The Morgan fingerprint density at radius 3 is 2.71 bits per heavy atom. The number of hydrogen-bond donors (Lipinski definition) is 2. The van der Waals surface area contributed by atoms with E-state index in [9.17, 15) is 5.11 Å². The van der Waals surface area contributed by atoms with Crippen molar-refractivity contribution in [1.29, 1.82) is 0 Å². The molecule has 0 saturated carbocycles. The number of aliphatic hydroxyl groups is 1. The van der Waals surface area contributed by atoms with Gasteiger partial charge in [0.05, 0.1) is 6.10 Å². The monoisotopic (exact) mass is 275 g/mol. The van der Waals surface area contributed by atoms with Crippen LogP contribution >= 0.6 is 24.0 Å². The van der Waals surface area contributed by atoms with Gasteiger partial charge in [0, 0.05) is 16.6 Å². The fourth-order valence-electron chi connectivity index (χ4n) is 2.32.